The Morgan fingerprint density at radius 2 is 1.68 bits per heavy atom. The summed E-state index contributed by atoms with van der Waals surface area (Å²) in [6.07, 6.45) is 4.09. The van der Waals surface area contributed by atoms with E-state index in [0.717, 1.165) is 34.9 Å². The van der Waals surface area contributed by atoms with E-state index in [1.54, 1.807) is 0 Å². The second kappa shape index (κ2) is 6.06. The molecular weight excluding hydrogens is 310 g/mol. The Balaban J connectivity index is 1.81. The minimum Gasteiger partial charge on any atom is -0.341 e. The molecule has 0 aromatic heterocycles. The summed E-state index contributed by atoms with van der Waals surface area (Å²) < 4.78 is 0. The highest BCUT2D eigenvalue weighted by molar-refractivity contribution is 6.30. The highest BCUT2D eigenvalue weighted by atomic mass is 16.2. The molecule has 0 radical (unpaired) electrons. The minimum absolute atomic E-state index is 0.0822. The lowest BCUT2D eigenvalue weighted by Crippen LogP contribution is -2.29. The molecule has 0 saturated heterocycles. The molecule has 0 fully saturated rings. The van der Waals surface area contributed by atoms with Crippen molar-refractivity contribution in [2.45, 2.75) is 13.8 Å². The number of para-hydroxylation sites is 2. The van der Waals surface area contributed by atoms with Gasteiger partial charge in [0, 0.05) is 12.2 Å². The fourth-order valence-corrected chi connectivity index (χ4v) is 3.37. The van der Waals surface area contributed by atoms with Crippen LogP contribution in [0, 0.1) is 0 Å². The molecule has 2 aliphatic rings. The predicted octanol–water partition coefficient (Wildman–Crippen LogP) is 4.22. The molecule has 2 aromatic rings. The molecule has 2 heterocycles. The van der Waals surface area contributed by atoms with Crippen molar-refractivity contribution in [1.82, 2.24) is 0 Å². The smallest absolute Gasteiger partial charge is 0.282 e. The Morgan fingerprint density at radius 3 is 2.44 bits per heavy atom. The fourth-order valence-electron chi connectivity index (χ4n) is 3.37. The van der Waals surface area contributed by atoms with Gasteiger partial charge in [-0.1, -0.05) is 42.5 Å². The Hall–Kier alpha value is -3.14. The number of hydrogen-bond donors (Lipinski definition) is 0. The maximum atomic E-state index is 13.1. The number of hydrazone groups is 1. The molecule has 0 aliphatic carbocycles. The van der Waals surface area contributed by atoms with Crippen LogP contribution < -0.4 is 9.91 Å². The van der Waals surface area contributed by atoms with Crippen LogP contribution in [-0.4, -0.2) is 18.2 Å². The van der Waals surface area contributed by atoms with Gasteiger partial charge < -0.3 is 4.90 Å². The van der Waals surface area contributed by atoms with E-state index in [1.165, 1.54) is 5.01 Å². The zero-order valence-corrected chi connectivity index (χ0v) is 14.3. The van der Waals surface area contributed by atoms with E-state index >= 15 is 0 Å². The Bertz CT molecular complexity index is 925. The number of allylic oxidation sites excluding steroid dienone is 1. The van der Waals surface area contributed by atoms with Gasteiger partial charge in [0.05, 0.1) is 22.7 Å². The Morgan fingerprint density at radius 1 is 0.960 bits per heavy atom. The lowest BCUT2D eigenvalue weighted by molar-refractivity contribution is -0.114. The van der Waals surface area contributed by atoms with Crippen LogP contribution in [0.5, 0.6) is 0 Å². The van der Waals surface area contributed by atoms with Gasteiger partial charge in [-0.05, 0) is 43.7 Å². The average molecular weight is 329 g/mol. The molecule has 2 aliphatic heterocycles. The SMILES string of the molecule is CCN1/C(=C2\C(=O)N(c3ccccc3)N=C2C)C=Cc2ccccc21. The molecule has 2 aromatic carbocycles. The van der Waals surface area contributed by atoms with Gasteiger partial charge in [-0.3, -0.25) is 4.79 Å². The third kappa shape index (κ3) is 2.47. The normalized spacial score (nSPS) is 19.3. The van der Waals surface area contributed by atoms with Crippen molar-refractivity contribution in [3.05, 3.63) is 77.5 Å². The molecule has 25 heavy (non-hydrogen) atoms. The second-order valence-corrected chi connectivity index (χ2v) is 6.03. The molecule has 0 saturated carbocycles. The van der Waals surface area contributed by atoms with Crippen molar-refractivity contribution in [2.75, 3.05) is 16.5 Å². The maximum Gasteiger partial charge on any atom is 0.282 e. The molecule has 4 heteroatoms. The number of anilines is 2. The first-order chi connectivity index (χ1) is 12.2. The lowest BCUT2D eigenvalue weighted by Gasteiger charge is -2.30. The summed E-state index contributed by atoms with van der Waals surface area (Å²) in [7, 11) is 0. The van der Waals surface area contributed by atoms with Crippen LogP contribution in [0.3, 0.4) is 0 Å². The Labute approximate surface area is 147 Å². The van der Waals surface area contributed by atoms with Crippen molar-refractivity contribution < 1.29 is 4.79 Å². The van der Waals surface area contributed by atoms with Crippen LogP contribution in [0.25, 0.3) is 6.08 Å². The van der Waals surface area contributed by atoms with E-state index < -0.39 is 0 Å². The van der Waals surface area contributed by atoms with E-state index in [4.69, 9.17) is 0 Å². The first-order valence-electron chi connectivity index (χ1n) is 8.44. The van der Waals surface area contributed by atoms with E-state index in [-0.39, 0.29) is 5.91 Å². The third-order valence-corrected chi connectivity index (χ3v) is 4.53. The molecule has 124 valence electrons. The third-order valence-electron chi connectivity index (χ3n) is 4.53. The standard InChI is InChI=1S/C21H19N3O/c1-3-23-18-12-8-7-9-16(18)13-14-19(23)20-15(2)22-24(21(20)25)17-10-5-4-6-11-17/h4-14H,3H2,1-2H3/b20-19-. The van der Waals surface area contributed by atoms with Gasteiger partial charge in [-0.15, -0.1) is 0 Å². The molecule has 0 spiro atoms. The fraction of sp³-hybridized carbons (Fsp3) is 0.143. The number of likely N-dealkylation sites (N-methyl/N-ethyl adjacent to an activating group) is 1. The van der Waals surface area contributed by atoms with Gasteiger partial charge in [-0.25, -0.2) is 0 Å². The van der Waals surface area contributed by atoms with Crippen LogP contribution in [0.4, 0.5) is 11.4 Å². The van der Waals surface area contributed by atoms with E-state index in [1.807, 2.05) is 55.5 Å². The topological polar surface area (TPSA) is 35.9 Å². The average Bonchev–Trinajstić information content (AvgIpc) is 2.95. The van der Waals surface area contributed by atoms with Crippen LogP contribution >= 0.6 is 0 Å². The van der Waals surface area contributed by atoms with Crippen molar-refractivity contribution in [2.24, 2.45) is 5.10 Å². The van der Waals surface area contributed by atoms with Crippen molar-refractivity contribution in [3.8, 4) is 0 Å². The van der Waals surface area contributed by atoms with Gasteiger partial charge >= 0.3 is 0 Å². The first kappa shape index (κ1) is 15.4. The van der Waals surface area contributed by atoms with Gasteiger partial charge in [-0.2, -0.15) is 10.1 Å². The highest BCUT2D eigenvalue weighted by Gasteiger charge is 2.33. The van der Waals surface area contributed by atoms with E-state index in [2.05, 4.69) is 35.1 Å². The highest BCUT2D eigenvalue weighted by Crippen LogP contribution is 2.34. The maximum absolute atomic E-state index is 13.1. The number of hydrogen-bond acceptors (Lipinski definition) is 3. The van der Waals surface area contributed by atoms with Crippen molar-refractivity contribution >= 4 is 29.1 Å². The van der Waals surface area contributed by atoms with Gasteiger partial charge in [0.15, 0.2) is 0 Å². The summed E-state index contributed by atoms with van der Waals surface area (Å²) in [6.45, 7) is 4.77. The van der Waals surface area contributed by atoms with Crippen LogP contribution in [0.15, 0.2) is 77.0 Å². The number of benzene rings is 2. The number of carbonyl (C=O) groups excluding carboxylic acids is 1. The molecule has 4 rings (SSSR count). The Kier molecular flexibility index (Phi) is 3.73. The molecule has 4 nitrogen and oxygen atoms in total. The minimum atomic E-state index is -0.0822. The lowest BCUT2D eigenvalue weighted by atomic mass is 10.0. The zero-order valence-electron chi connectivity index (χ0n) is 14.3. The van der Waals surface area contributed by atoms with Crippen molar-refractivity contribution in [1.29, 1.82) is 0 Å². The summed E-state index contributed by atoms with van der Waals surface area (Å²) in [6, 6.07) is 17.8. The number of amides is 1. The summed E-state index contributed by atoms with van der Waals surface area (Å²) >= 11 is 0. The summed E-state index contributed by atoms with van der Waals surface area (Å²) in [5, 5.41) is 5.99. The number of fused-ring (bicyclic) bond motifs is 1. The first-order valence-corrected chi connectivity index (χ1v) is 8.44. The molecular formula is C21H19N3O. The largest absolute Gasteiger partial charge is 0.341 e. The summed E-state index contributed by atoms with van der Waals surface area (Å²) in [5.74, 6) is -0.0822. The monoisotopic (exact) mass is 329 g/mol. The molecule has 0 N–H and O–H groups in total. The quantitative estimate of drug-likeness (QED) is 0.774. The van der Waals surface area contributed by atoms with Crippen LogP contribution in [0.1, 0.15) is 19.4 Å². The number of rotatable bonds is 2. The summed E-state index contributed by atoms with van der Waals surface area (Å²) in [4.78, 5) is 15.3. The predicted molar refractivity (Wildman–Crippen MR) is 103 cm³/mol. The zero-order chi connectivity index (χ0) is 17.4. The molecule has 0 atom stereocenters. The molecule has 0 unspecified atom stereocenters. The van der Waals surface area contributed by atoms with Gasteiger partial charge in [0.25, 0.3) is 5.91 Å². The second-order valence-electron chi connectivity index (χ2n) is 6.03. The number of nitrogens with zero attached hydrogens (tertiary/aromatic N) is 3. The van der Waals surface area contributed by atoms with Crippen molar-refractivity contribution in [3.63, 3.8) is 0 Å². The molecule has 1 amide bonds. The van der Waals surface area contributed by atoms with Gasteiger partial charge in [0.1, 0.15) is 0 Å². The van der Waals surface area contributed by atoms with E-state index in [0.29, 0.717) is 5.57 Å². The molecule has 0 bridgehead atoms. The summed E-state index contributed by atoms with van der Waals surface area (Å²) in [5.41, 5.74) is 5.38. The van der Waals surface area contributed by atoms with Gasteiger partial charge in [0.2, 0.25) is 0 Å². The van der Waals surface area contributed by atoms with E-state index in [9.17, 15) is 4.79 Å². The number of carbonyl (C=O) groups is 1. The van der Waals surface area contributed by atoms with Crippen LogP contribution in [0.2, 0.25) is 0 Å². The van der Waals surface area contributed by atoms with Crippen LogP contribution in [-0.2, 0) is 4.79 Å².